The van der Waals surface area contributed by atoms with E-state index in [1.54, 1.807) is 10.8 Å². The van der Waals surface area contributed by atoms with Gasteiger partial charge in [-0.25, -0.2) is 0 Å². The SMILES string of the molecule is O=C(Nc1ccc(OCc2ccccc2)cc1)c1c[nH]c(=S)n1-c1ccccc1. The molecule has 5 nitrogen and oxygen atoms in total. The summed E-state index contributed by atoms with van der Waals surface area (Å²) in [6.07, 6.45) is 1.61. The fourth-order valence-corrected chi connectivity index (χ4v) is 3.20. The number of ether oxygens (including phenoxy) is 1. The smallest absolute Gasteiger partial charge is 0.274 e. The van der Waals surface area contributed by atoms with Crippen LogP contribution < -0.4 is 10.1 Å². The number of carbonyl (C=O) groups excluding carboxylic acids is 1. The maximum atomic E-state index is 12.8. The molecule has 1 aromatic heterocycles. The number of H-pyrrole nitrogens is 1. The quantitative estimate of drug-likeness (QED) is 0.427. The third-order valence-corrected chi connectivity index (χ3v) is 4.68. The van der Waals surface area contributed by atoms with Gasteiger partial charge < -0.3 is 15.0 Å². The number of nitrogens with one attached hydrogen (secondary N) is 2. The van der Waals surface area contributed by atoms with E-state index < -0.39 is 0 Å². The number of aromatic amines is 1. The molecule has 0 aliphatic heterocycles. The summed E-state index contributed by atoms with van der Waals surface area (Å²) in [5.41, 5.74) is 3.04. The van der Waals surface area contributed by atoms with Crippen LogP contribution >= 0.6 is 12.2 Å². The molecule has 0 saturated carbocycles. The predicted octanol–water partition coefficient (Wildman–Crippen LogP) is 5.37. The van der Waals surface area contributed by atoms with Gasteiger partial charge in [0.05, 0.1) is 0 Å². The van der Waals surface area contributed by atoms with E-state index in [9.17, 15) is 4.79 Å². The molecular weight excluding hydrogens is 382 g/mol. The standard InChI is InChI=1S/C23H19N3O2S/c27-22(21-15-24-23(29)26(21)19-9-5-2-6-10-19)25-18-11-13-20(14-12-18)28-16-17-7-3-1-4-8-17/h1-15H,16H2,(H,24,29)(H,25,27). The maximum Gasteiger partial charge on any atom is 0.274 e. The van der Waals surface area contributed by atoms with Gasteiger partial charge in [-0.15, -0.1) is 0 Å². The Morgan fingerprint density at radius 3 is 2.28 bits per heavy atom. The van der Waals surface area contributed by atoms with Crippen molar-refractivity contribution in [1.82, 2.24) is 9.55 Å². The van der Waals surface area contributed by atoms with E-state index in [4.69, 9.17) is 17.0 Å². The zero-order chi connectivity index (χ0) is 20.1. The van der Waals surface area contributed by atoms with Gasteiger partial charge >= 0.3 is 0 Å². The fourth-order valence-electron chi connectivity index (χ4n) is 2.94. The van der Waals surface area contributed by atoms with Crippen molar-refractivity contribution in [2.75, 3.05) is 5.32 Å². The van der Waals surface area contributed by atoms with E-state index in [1.807, 2.05) is 84.9 Å². The van der Waals surface area contributed by atoms with E-state index in [2.05, 4.69) is 10.3 Å². The lowest BCUT2D eigenvalue weighted by molar-refractivity contribution is 0.102. The third kappa shape index (κ3) is 4.44. The van der Waals surface area contributed by atoms with Crippen molar-refractivity contribution in [1.29, 1.82) is 0 Å². The number of amides is 1. The van der Waals surface area contributed by atoms with E-state index in [0.717, 1.165) is 17.0 Å². The molecule has 0 bridgehead atoms. The molecule has 1 heterocycles. The average Bonchev–Trinajstić information content (AvgIpc) is 3.16. The molecule has 0 radical (unpaired) electrons. The lowest BCUT2D eigenvalue weighted by atomic mass is 10.2. The Morgan fingerprint density at radius 2 is 1.59 bits per heavy atom. The largest absolute Gasteiger partial charge is 0.489 e. The summed E-state index contributed by atoms with van der Waals surface area (Å²) in [7, 11) is 0. The van der Waals surface area contributed by atoms with Crippen molar-refractivity contribution in [2.24, 2.45) is 0 Å². The van der Waals surface area contributed by atoms with Gasteiger partial charge in [0.1, 0.15) is 18.1 Å². The van der Waals surface area contributed by atoms with Crippen LogP contribution in [0.3, 0.4) is 0 Å². The van der Waals surface area contributed by atoms with Crippen LogP contribution in [0.25, 0.3) is 5.69 Å². The summed E-state index contributed by atoms with van der Waals surface area (Å²) in [6, 6.07) is 26.8. The normalized spacial score (nSPS) is 10.5. The summed E-state index contributed by atoms with van der Waals surface area (Å²) in [5.74, 6) is 0.486. The van der Waals surface area contributed by atoms with Crippen LogP contribution in [0.4, 0.5) is 5.69 Å². The summed E-state index contributed by atoms with van der Waals surface area (Å²) in [6.45, 7) is 0.495. The molecule has 4 aromatic rings. The lowest BCUT2D eigenvalue weighted by Crippen LogP contribution is -2.16. The number of hydrogen-bond acceptors (Lipinski definition) is 3. The van der Waals surface area contributed by atoms with Crippen LogP contribution in [0.1, 0.15) is 16.1 Å². The Hall–Kier alpha value is -3.64. The molecule has 0 atom stereocenters. The van der Waals surface area contributed by atoms with Crippen LogP contribution in [0.2, 0.25) is 0 Å². The number of anilines is 1. The van der Waals surface area contributed by atoms with Gasteiger partial charge in [0, 0.05) is 17.6 Å². The average molecular weight is 401 g/mol. The lowest BCUT2D eigenvalue weighted by Gasteiger charge is -2.10. The summed E-state index contributed by atoms with van der Waals surface area (Å²) >= 11 is 5.34. The molecule has 6 heteroatoms. The molecule has 1 amide bonds. The first-order valence-electron chi connectivity index (χ1n) is 9.15. The van der Waals surface area contributed by atoms with Gasteiger partial charge in [-0.2, -0.15) is 0 Å². The minimum Gasteiger partial charge on any atom is -0.489 e. The summed E-state index contributed by atoms with van der Waals surface area (Å²) in [4.78, 5) is 15.7. The number of carbonyl (C=O) groups is 1. The number of nitrogens with zero attached hydrogens (tertiary/aromatic N) is 1. The van der Waals surface area contributed by atoms with Crippen LogP contribution in [-0.4, -0.2) is 15.5 Å². The number of imidazole rings is 1. The topological polar surface area (TPSA) is 59.0 Å². The molecule has 0 spiro atoms. The molecule has 29 heavy (non-hydrogen) atoms. The van der Waals surface area contributed by atoms with Crippen LogP contribution in [0, 0.1) is 4.77 Å². The molecule has 0 unspecified atom stereocenters. The van der Waals surface area contributed by atoms with Crippen molar-refractivity contribution < 1.29 is 9.53 Å². The van der Waals surface area contributed by atoms with E-state index in [0.29, 0.717) is 22.8 Å². The molecule has 144 valence electrons. The highest BCUT2D eigenvalue weighted by atomic mass is 32.1. The van der Waals surface area contributed by atoms with Gasteiger partial charge in [0.25, 0.3) is 5.91 Å². The van der Waals surface area contributed by atoms with Crippen molar-refractivity contribution in [3.8, 4) is 11.4 Å². The molecule has 0 aliphatic carbocycles. The molecule has 2 N–H and O–H groups in total. The Labute approximate surface area is 173 Å². The third-order valence-electron chi connectivity index (χ3n) is 4.38. The summed E-state index contributed by atoms with van der Waals surface area (Å²) < 4.78 is 7.96. The Bertz CT molecular complexity index is 1150. The van der Waals surface area contributed by atoms with Crippen molar-refractivity contribution >= 4 is 23.8 Å². The highest BCUT2D eigenvalue weighted by Crippen LogP contribution is 2.19. The minimum absolute atomic E-state index is 0.251. The van der Waals surface area contributed by atoms with Gasteiger partial charge in [0.15, 0.2) is 4.77 Å². The first kappa shape index (κ1) is 18.7. The molecule has 4 rings (SSSR count). The predicted molar refractivity (Wildman–Crippen MR) is 116 cm³/mol. The monoisotopic (exact) mass is 401 g/mol. The molecular formula is C23H19N3O2S. The van der Waals surface area contributed by atoms with E-state index in [1.165, 1.54) is 0 Å². The molecule has 0 fully saturated rings. The van der Waals surface area contributed by atoms with Crippen molar-refractivity contribution in [2.45, 2.75) is 6.61 Å². The highest BCUT2D eigenvalue weighted by Gasteiger charge is 2.14. The molecule has 0 aliphatic rings. The first-order valence-corrected chi connectivity index (χ1v) is 9.55. The highest BCUT2D eigenvalue weighted by molar-refractivity contribution is 7.71. The number of para-hydroxylation sites is 1. The van der Waals surface area contributed by atoms with Gasteiger partial charge in [-0.05, 0) is 54.2 Å². The number of aromatic nitrogens is 2. The molecule has 0 saturated heterocycles. The van der Waals surface area contributed by atoms with Crippen LogP contribution in [0.5, 0.6) is 5.75 Å². The Kier molecular flexibility index (Phi) is 5.54. The second kappa shape index (κ2) is 8.58. The second-order valence-electron chi connectivity index (χ2n) is 6.40. The number of hydrogen-bond donors (Lipinski definition) is 2. The molecule has 3 aromatic carbocycles. The zero-order valence-corrected chi connectivity index (χ0v) is 16.4. The van der Waals surface area contributed by atoms with E-state index in [-0.39, 0.29) is 5.91 Å². The van der Waals surface area contributed by atoms with Crippen LogP contribution in [-0.2, 0) is 6.61 Å². The maximum absolute atomic E-state index is 12.8. The summed E-state index contributed by atoms with van der Waals surface area (Å²) in [5, 5.41) is 2.90. The van der Waals surface area contributed by atoms with Crippen molar-refractivity contribution in [3.63, 3.8) is 0 Å². The van der Waals surface area contributed by atoms with Gasteiger partial charge in [-0.1, -0.05) is 48.5 Å². The van der Waals surface area contributed by atoms with Gasteiger partial charge in [0.2, 0.25) is 0 Å². The van der Waals surface area contributed by atoms with E-state index >= 15 is 0 Å². The van der Waals surface area contributed by atoms with Crippen LogP contribution in [0.15, 0.2) is 91.1 Å². The van der Waals surface area contributed by atoms with Crippen molar-refractivity contribution in [3.05, 3.63) is 107 Å². The Balaban J connectivity index is 1.45. The Morgan fingerprint density at radius 1 is 0.931 bits per heavy atom. The van der Waals surface area contributed by atoms with Gasteiger partial charge in [-0.3, -0.25) is 9.36 Å². The number of rotatable bonds is 6. The fraction of sp³-hybridized carbons (Fsp3) is 0.0435. The second-order valence-corrected chi connectivity index (χ2v) is 6.79. The first-order chi connectivity index (χ1) is 14.2. The number of benzene rings is 3. The zero-order valence-electron chi connectivity index (χ0n) is 15.5. The minimum atomic E-state index is -0.251.